The maximum absolute atomic E-state index is 2.68. The van der Waals surface area contributed by atoms with Gasteiger partial charge in [0.15, 0.2) is 0 Å². The number of fused-ring (bicyclic) bond motifs is 1. The Labute approximate surface area is 139 Å². The van der Waals surface area contributed by atoms with Gasteiger partial charge in [0.05, 0.1) is 6.67 Å². The summed E-state index contributed by atoms with van der Waals surface area (Å²) in [5.41, 5.74) is 0. The highest BCUT2D eigenvalue weighted by Crippen LogP contribution is 2.75. The maximum atomic E-state index is 2.68. The second-order valence-corrected chi connectivity index (χ2v) is 9.12. The van der Waals surface area contributed by atoms with Crippen molar-refractivity contribution in [1.82, 2.24) is 9.80 Å². The molecule has 126 valence electrons. The molecule has 6 atom stereocenters. The number of nitrogens with zero attached hydrogens (tertiary/aromatic N) is 2. The lowest BCUT2D eigenvalue weighted by Crippen LogP contribution is -2.60. The van der Waals surface area contributed by atoms with Crippen LogP contribution in [0.5, 0.6) is 0 Å². The summed E-state index contributed by atoms with van der Waals surface area (Å²) in [7, 11) is 4.74. The molecule has 3 aliphatic rings. The van der Waals surface area contributed by atoms with Gasteiger partial charge in [0, 0.05) is 12.1 Å². The normalized spacial score (nSPS) is 40.0. The molecule has 2 nitrogen and oxygen atoms in total. The van der Waals surface area contributed by atoms with Crippen molar-refractivity contribution < 1.29 is 0 Å². The molecular weight excluding hydrogens is 267 g/mol. The van der Waals surface area contributed by atoms with Crippen LogP contribution in [0.15, 0.2) is 0 Å². The first-order valence-corrected chi connectivity index (χ1v) is 9.86. The molecule has 0 aliphatic carbocycles. The lowest BCUT2D eigenvalue weighted by atomic mass is 9.64. The highest BCUT2D eigenvalue weighted by atomic mass is 15.3. The van der Waals surface area contributed by atoms with Crippen LogP contribution in [0.1, 0.15) is 53.4 Å². The smallest absolute Gasteiger partial charge is 0.144 e. The molecule has 0 aromatic rings. The van der Waals surface area contributed by atoms with Crippen LogP contribution < -0.4 is 0 Å². The Kier molecular flexibility index (Phi) is 4.95. The van der Waals surface area contributed by atoms with E-state index >= 15 is 0 Å². The summed E-state index contributed by atoms with van der Waals surface area (Å²) in [5, 5.41) is 0. The Hall–Kier alpha value is -0.0151. The fourth-order valence-corrected chi connectivity index (χ4v) is 5.50. The van der Waals surface area contributed by atoms with E-state index in [1.807, 2.05) is 0 Å². The molecule has 3 heterocycles. The van der Waals surface area contributed by atoms with E-state index in [4.69, 9.17) is 0 Å². The lowest BCUT2D eigenvalue weighted by molar-refractivity contribution is -0.0395. The van der Waals surface area contributed by atoms with Crippen molar-refractivity contribution in [2.45, 2.75) is 83.4 Å². The van der Waals surface area contributed by atoms with Gasteiger partial charge in [-0.05, 0) is 38.3 Å². The summed E-state index contributed by atoms with van der Waals surface area (Å²) in [4.78, 5) is 5.33. The zero-order valence-electron chi connectivity index (χ0n) is 15.8. The molecule has 6 unspecified atom stereocenters. The van der Waals surface area contributed by atoms with Crippen LogP contribution in [0, 0.1) is 17.8 Å². The van der Waals surface area contributed by atoms with Crippen molar-refractivity contribution >= 4 is 6.71 Å². The van der Waals surface area contributed by atoms with Gasteiger partial charge < -0.3 is 0 Å². The first kappa shape index (κ1) is 16.8. The van der Waals surface area contributed by atoms with Crippen LogP contribution in [-0.4, -0.2) is 49.4 Å². The molecular formula is C19H37BN2. The Bertz CT molecular complexity index is 378. The molecule has 0 radical (unpaired) electrons. The molecule has 0 N–H and O–H groups in total. The molecule has 3 saturated heterocycles. The third-order valence-corrected chi connectivity index (χ3v) is 7.12. The zero-order chi connectivity index (χ0) is 16.0. The van der Waals surface area contributed by atoms with Gasteiger partial charge >= 0.3 is 0 Å². The molecule has 3 rings (SSSR count). The third-order valence-electron chi connectivity index (χ3n) is 7.12. The Morgan fingerprint density at radius 3 is 2.32 bits per heavy atom. The summed E-state index contributed by atoms with van der Waals surface area (Å²) in [5.74, 6) is 4.84. The van der Waals surface area contributed by atoms with E-state index in [0.717, 1.165) is 54.9 Å². The standard InChI is InChI=1S/C19H37BN2/c1-7-14(4)9-8-10-16-17(18-15-11-20(15)18)19(13(2)3)22(6)12-21(16)5/h13-19H,7-12H2,1-6H3. The zero-order valence-corrected chi connectivity index (χ0v) is 15.8. The first-order chi connectivity index (χ1) is 10.5. The summed E-state index contributed by atoms with van der Waals surface area (Å²) < 4.78 is 0. The average Bonchev–Trinajstić information content (AvgIpc) is 3.32. The number of hydrogen-bond acceptors (Lipinski definition) is 2. The summed E-state index contributed by atoms with van der Waals surface area (Å²) >= 11 is 0. The molecule has 0 spiro atoms. The monoisotopic (exact) mass is 304 g/mol. The summed E-state index contributed by atoms with van der Waals surface area (Å²) in [6, 6.07) is 1.65. The molecule has 3 heteroatoms. The third kappa shape index (κ3) is 3.13. The number of hydrogen-bond donors (Lipinski definition) is 0. The largest absolute Gasteiger partial charge is 0.290 e. The van der Waals surface area contributed by atoms with Gasteiger partial charge in [0.25, 0.3) is 0 Å². The molecule has 0 saturated carbocycles. The molecule has 3 aliphatic heterocycles. The van der Waals surface area contributed by atoms with Crippen LogP contribution in [0.3, 0.4) is 0 Å². The predicted octanol–water partition coefficient (Wildman–Crippen LogP) is 4.31. The minimum absolute atomic E-state index is 0.792. The minimum atomic E-state index is 0.792. The fourth-order valence-electron chi connectivity index (χ4n) is 5.50. The van der Waals surface area contributed by atoms with Gasteiger partial charge in [0.1, 0.15) is 6.71 Å². The second-order valence-electron chi connectivity index (χ2n) is 9.12. The molecule has 0 amide bonds. The van der Waals surface area contributed by atoms with Crippen molar-refractivity contribution in [2.24, 2.45) is 17.8 Å². The van der Waals surface area contributed by atoms with Crippen molar-refractivity contribution in [1.29, 1.82) is 0 Å². The van der Waals surface area contributed by atoms with Gasteiger partial charge in [-0.15, -0.1) is 0 Å². The quantitative estimate of drug-likeness (QED) is 0.647. The van der Waals surface area contributed by atoms with Crippen molar-refractivity contribution in [3.05, 3.63) is 0 Å². The second kappa shape index (κ2) is 6.47. The molecule has 0 bridgehead atoms. The van der Waals surface area contributed by atoms with Gasteiger partial charge in [-0.1, -0.05) is 64.9 Å². The van der Waals surface area contributed by atoms with E-state index in [2.05, 4.69) is 51.6 Å². The number of rotatable bonds is 7. The Morgan fingerprint density at radius 1 is 1.14 bits per heavy atom. The van der Waals surface area contributed by atoms with Gasteiger partial charge in [0.2, 0.25) is 0 Å². The average molecular weight is 304 g/mol. The van der Waals surface area contributed by atoms with E-state index in [1.165, 1.54) is 25.7 Å². The predicted molar refractivity (Wildman–Crippen MR) is 97.7 cm³/mol. The lowest BCUT2D eigenvalue weighted by Gasteiger charge is -2.52. The minimum Gasteiger partial charge on any atom is -0.290 e. The van der Waals surface area contributed by atoms with Crippen LogP contribution in [0.4, 0.5) is 0 Å². The molecule has 0 aromatic carbocycles. The SMILES string of the molecule is CCC(C)CCCC1C(C2B3CC32)C(C(C)C)N(C)CN1C. The highest BCUT2D eigenvalue weighted by Gasteiger charge is 2.71. The van der Waals surface area contributed by atoms with E-state index < -0.39 is 0 Å². The van der Waals surface area contributed by atoms with E-state index in [-0.39, 0.29) is 0 Å². The highest BCUT2D eigenvalue weighted by molar-refractivity contribution is 6.86. The fraction of sp³-hybridized carbons (Fsp3) is 1.00. The topological polar surface area (TPSA) is 6.48 Å². The van der Waals surface area contributed by atoms with Crippen molar-refractivity contribution in [2.75, 3.05) is 20.8 Å². The van der Waals surface area contributed by atoms with Crippen LogP contribution in [0.2, 0.25) is 18.0 Å². The van der Waals surface area contributed by atoms with Gasteiger partial charge in [-0.3, -0.25) is 9.80 Å². The van der Waals surface area contributed by atoms with Gasteiger partial charge in [-0.25, -0.2) is 0 Å². The Morgan fingerprint density at radius 2 is 1.82 bits per heavy atom. The van der Waals surface area contributed by atoms with Crippen molar-refractivity contribution in [3.8, 4) is 0 Å². The first-order valence-electron chi connectivity index (χ1n) is 9.86. The summed E-state index contributed by atoms with van der Waals surface area (Å²) in [6.45, 7) is 11.9. The van der Waals surface area contributed by atoms with Gasteiger partial charge in [-0.2, -0.15) is 0 Å². The van der Waals surface area contributed by atoms with E-state index in [1.54, 1.807) is 6.32 Å². The molecule has 22 heavy (non-hydrogen) atoms. The van der Waals surface area contributed by atoms with Crippen LogP contribution >= 0.6 is 0 Å². The van der Waals surface area contributed by atoms with Crippen molar-refractivity contribution in [3.63, 3.8) is 0 Å². The molecule has 3 fully saturated rings. The maximum Gasteiger partial charge on any atom is 0.144 e. The van der Waals surface area contributed by atoms with Crippen LogP contribution in [0.25, 0.3) is 0 Å². The van der Waals surface area contributed by atoms with Crippen LogP contribution in [-0.2, 0) is 0 Å². The Balaban J connectivity index is 1.67. The van der Waals surface area contributed by atoms with E-state index in [0.29, 0.717) is 0 Å². The van der Waals surface area contributed by atoms with E-state index in [9.17, 15) is 0 Å². The molecule has 0 aromatic heterocycles. The summed E-state index contributed by atoms with van der Waals surface area (Å²) in [6.07, 6.45) is 7.18.